The SMILES string of the molecule is COCCNC(=O)C1CN2N=CN=C(Nc3cc(NC(=O)c4cccc(N5CCOCC5)c4)ccc3C)C2=C1C. The summed E-state index contributed by atoms with van der Waals surface area (Å²) in [7, 11) is 1.60. The molecule has 3 N–H and O–H groups in total. The van der Waals surface area contributed by atoms with E-state index in [9.17, 15) is 9.59 Å². The average Bonchev–Trinajstić information content (AvgIpc) is 3.32. The fourth-order valence-corrected chi connectivity index (χ4v) is 4.99. The molecule has 0 spiro atoms. The first-order valence-corrected chi connectivity index (χ1v) is 13.4. The van der Waals surface area contributed by atoms with Crippen molar-refractivity contribution < 1.29 is 19.1 Å². The predicted octanol–water partition coefficient (Wildman–Crippen LogP) is 2.82. The van der Waals surface area contributed by atoms with Crippen LogP contribution in [0.25, 0.3) is 0 Å². The first kappa shape index (κ1) is 27.4. The lowest BCUT2D eigenvalue weighted by molar-refractivity contribution is -0.124. The number of methoxy groups -OCH3 is 1. The number of ether oxygens (including phenoxy) is 2. The summed E-state index contributed by atoms with van der Waals surface area (Å²) in [5.74, 6) is 0.0120. The standard InChI is InChI=1S/C29H35N7O4/c1-19-7-8-22(33-28(37)21-5-4-6-23(15-21)35-10-13-40-14-11-35)16-25(19)34-27-26-20(2)24(17-36(26)32-18-31-27)29(38)30-9-12-39-3/h4-8,15-16,18,24H,9-14,17H2,1-3H3,(H,30,38)(H,33,37)(H,31,32,34). The third-order valence-electron chi connectivity index (χ3n) is 7.27. The Balaban J connectivity index is 1.30. The van der Waals surface area contributed by atoms with E-state index in [1.807, 2.05) is 56.3 Å². The van der Waals surface area contributed by atoms with Crippen LogP contribution in [-0.2, 0) is 14.3 Å². The smallest absolute Gasteiger partial charge is 0.255 e. The Bertz CT molecular complexity index is 1360. The van der Waals surface area contributed by atoms with Crippen LogP contribution in [-0.4, -0.2) is 82.1 Å². The zero-order valence-corrected chi connectivity index (χ0v) is 23.1. The Labute approximate surface area is 233 Å². The van der Waals surface area contributed by atoms with E-state index < -0.39 is 0 Å². The number of aliphatic imine (C=N–C) groups is 1. The Morgan fingerprint density at radius 2 is 1.95 bits per heavy atom. The minimum Gasteiger partial charge on any atom is -0.383 e. The first-order chi connectivity index (χ1) is 19.4. The highest BCUT2D eigenvalue weighted by Gasteiger charge is 2.37. The molecule has 11 nitrogen and oxygen atoms in total. The maximum atomic E-state index is 13.1. The van der Waals surface area contributed by atoms with Crippen LogP contribution in [0.5, 0.6) is 0 Å². The molecule has 2 aromatic rings. The van der Waals surface area contributed by atoms with Gasteiger partial charge in [-0.05, 0) is 55.3 Å². The number of carbonyl (C=O) groups is 2. The molecule has 0 saturated carbocycles. The highest BCUT2D eigenvalue weighted by molar-refractivity contribution is 6.13. The van der Waals surface area contributed by atoms with E-state index in [1.165, 1.54) is 6.34 Å². The van der Waals surface area contributed by atoms with Crippen molar-refractivity contribution in [2.24, 2.45) is 16.0 Å². The van der Waals surface area contributed by atoms with Crippen LogP contribution in [0, 0.1) is 12.8 Å². The lowest BCUT2D eigenvalue weighted by Crippen LogP contribution is -2.36. The molecule has 2 aromatic carbocycles. The van der Waals surface area contributed by atoms with Crippen molar-refractivity contribution in [3.05, 3.63) is 64.9 Å². The maximum Gasteiger partial charge on any atom is 0.255 e. The molecular weight excluding hydrogens is 510 g/mol. The molecule has 40 heavy (non-hydrogen) atoms. The Hall–Kier alpha value is -4.22. The van der Waals surface area contributed by atoms with Crippen molar-refractivity contribution in [2.75, 3.05) is 68.6 Å². The van der Waals surface area contributed by atoms with Crippen LogP contribution in [0.1, 0.15) is 22.8 Å². The molecule has 1 unspecified atom stereocenters. The molecular formula is C29H35N7O4. The highest BCUT2D eigenvalue weighted by Crippen LogP contribution is 2.32. The number of aryl methyl sites for hydroxylation is 1. The second-order valence-corrected chi connectivity index (χ2v) is 9.92. The Kier molecular flexibility index (Phi) is 8.42. The van der Waals surface area contributed by atoms with Crippen LogP contribution in [0.2, 0.25) is 0 Å². The van der Waals surface area contributed by atoms with Gasteiger partial charge in [-0.2, -0.15) is 5.10 Å². The van der Waals surface area contributed by atoms with Gasteiger partial charge < -0.3 is 30.3 Å². The number of hydrogen-bond donors (Lipinski definition) is 3. The number of hydrazone groups is 1. The van der Waals surface area contributed by atoms with Gasteiger partial charge in [0.15, 0.2) is 5.84 Å². The van der Waals surface area contributed by atoms with Gasteiger partial charge in [0.25, 0.3) is 5.91 Å². The molecule has 2 amide bonds. The van der Waals surface area contributed by atoms with Gasteiger partial charge in [0.05, 0.1) is 32.3 Å². The molecule has 1 fully saturated rings. The van der Waals surface area contributed by atoms with Crippen LogP contribution in [0.4, 0.5) is 17.1 Å². The zero-order valence-electron chi connectivity index (χ0n) is 23.1. The molecule has 3 aliphatic rings. The summed E-state index contributed by atoms with van der Waals surface area (Å²) in [4.78, 5) is 32.6. The monoisotopic (exact) mass is 545 g/mol. The molecule has 3 aliphatic heterocycles. The second-order valence-electron chi connectivity index (χ2n) is 9.92. The van der Waals surface area contributed by atoms with Gasteiger partial charge >= 0.3 is 0 Å². The van der Waals surface area contributed by atoms with Crippen molar-refractivity contribution >= 4 is 41.1 Å². The largest absolute Gasteiger partial charge is 0.383 e. The average molecular weight is 546 g/mol. The number of nitrogens with one attached hydrogen (secondary N) is 3. The van der Waals surface area contributed by atoms with Gasteiger partial charge in [0.1, 0.15) is 12.0 Å². The van der Waals surface area contributed by atoms with Crippen LogP contribution < -0.4 is 20.9 Å². The van der Waals surface area contributed by atoms with Crippen molar-refractivity contribution in [1.29, 1.82) is 0 Å². The van der Waals surface area contributed by atoms with Gasteiger partial charge in [0, 0.05) is 49.4 Å². The molecule has 1 atom stereocenters. The molecule has 5 rings (SSSR count). The van der Waals surface area contributed by atoms with Gasteiger partial charge in [-0.25, -0.2) is 4.99 Å². The van der Waals surface area contributed by atoms with E-state index in [0.29, 0.717) is 50.0 Å². The van der Waals surface area contributed by atoms with Gasteiger partial charge in [-0.3, -0.25) is 14.6 Å². The van der Waals surface area contributed by atoms with Crippen LogP contribution in [0.3, 0.4) is 0 Å². The fourth-order valence-electron chi connectivity index (χ4n) is 4.99. The number of anilines is 3. The van der Waals surface area contributed by atoms with E-state index in [1.54, 1.807) is 12.1 Å². The summed E-state index contributed by atoms with van der Waals surface area (Å²) in [6.07, 6.45) is 1.48. The zero-order chi connectivity index (χ0) is 28.1. The van der Waals surface area contributed by atoms with E-state index in [-0.39, 0.29) is 17.7 Å². The number of carbonyl (C=O) groups excluding carboxylic acids is 2. The molecule has 1 saturated heterocycles. The van der Waals surface area contributed by atoms with Crippen LogP contribution in [0.15, 0.2) is 63.8 Å². The van der Waals surface area contributed by atoms with Crippen molar-refractivity contribution in [2.45, 2.75) is 13.8 Å². The topological polar surface area (TPSA) is 120 Å². The molecule has 0 bridgehead atoms. The summed E-state index contributed by atoms with van der Waals surface area (Å²) in [5, 5.41) is 15.5. The van der Waals surface area contributed by atoms with Gasteiger partial charge in [-0.1, -0.05) is 12.1 Å². The normalized spacial score (nSPS) is 18.4. The predicted molar refractivity (Wildman–Crippen MR) is 156 cm³/mol. The number of nitrogens with zero attached hydrogens (tertiary/aromatic N) is 4. The molecule has 0 radical (unpaired) electrons. The third-order valence-corrected chi connectivity index (χ3v) is 7.27. The molecule has 11 heteroatoms. The molecule has 3 heterocycles. The van der Waals surface area contributed by atoms with Crippen molar-refractivity contribution in [3.63, 3.8) is 0 Å². The number of fused-ring (bicyclic) bond motifs is 1. The maximum absolute atomic E-state index is 13.1. The summed E-state index contributed by atoms with van der Waals surface area (Å²) in [5.41, 5.74) is 5.70. The van der Waals surface area contributed by atoms with Gasteiger partial charge in [-0.15, -0.1) is 0 Å². The van der Waals surface area contributed by atoms with Crippen molar-refractivity contribution in [1.82, 2.24) is 10.3 Å². The number of amidine groups is 1. The number of amides is 2. The molecule has 0 aromatic heterocycles. The van der Waals surface area contributed by atoms with Crippen molar-refractivity contribution in [3.8, 4) is 0 Å². The summed E-state index contributed by atoms with van der Waals surface area (Å²) in [6.45, 7) is 8.24. The Morgan fingerprint density at radius 3 is 2.75 bits per heavy atom. The second kappa shape index (κ2) is 12.3. The third kappa shape index (κ3) is 6.00. The molecule has 0 aliphatic carbocycles. The number of hydrogen-bond acceptors (Lipinski definition) is 9. The summed E-state index contributed by atoms with van der Waals surface area (Å²) in [6, 6.07) is 13.3. The Morgan fingerprint density at radius 1 is 1.12 bits per heavy atom. The first-order valence-electron chi connectivity index (χ1n) is 13.4. The minimum absolute atomic E-state index is 0.0652. The fraction of sp³-hybridized carbons (Fsp3) is 0.379. The van der Waals surface area contributed by atoms with E-state index in [4.69, 9.17) is 9.47 Å². The molecule has 210 valence electrons. The summed E-state index contributed by atoms with van der Waals surface area (Å²) >= 11 is 0. The quantitative estimate of drug-likeness (QED) is 0.437. The number of rotatable bonds is 8. The van der Waals surface area contributed by atoms with E-state index >= 15 is 0 Å². The number of benzene rings is 2. The lowest BCUT2D eigenvalue weighted by atomic mass is 10.0. The highest BCUT2D eigenvalue weighted by atomic mass is 16.5. The van der Waals surface area contributed by atoms with E-state index in [2.05, 4.69) is 30.9 Å². The minimum atomic E-state index is -0.339. The van der Waals surface area contributed by atoms with E-state index in [0.717, 1.165) is 41.3 Å². The summed E-state index contributed by atoms with van der Waals surface area (Å²) < 4.78 is 10.5. The number of morpholine rings is 1. The van der Waals surface area contributed by atoms with Gasteiger partial charge in [0.2, 0.25) is 5.91 Å². The van der Waals surface area contributed by atoms with Crippen LogP contribution >= 0.6 is 0 Å². The lowest BCUT2D eigenvalue weighted by Gasteiger charge is -2.29.